The third kappa shape index (κ3) is 4.36. The molecule has 3 aromatic rings. The predicted molar refractivity (Wildman–Crippen MR) is 121 cm³/mol. The Bertz CT molecular complexity index is 1130. The molecule has 1 aliphatic rings. The van der Waals surface area contributed by atoms with Gasteiger partial charge in [0, 0.05) is 5.92 Å². The molecule has 1 saturated carbocycles. The highest BCUT2D eigenvalue weighted by Crippen LogP contribution is 2.41. The summed E-state index contributed by atoms with van der Waals surface area (Å²) in [4.78, 5) is 25.7. The molecule has 1 aliphatic carbocycles. The van der Waals surface area contributed by atoms with Gasteiger partial charge in [0.15, 0.2) is 17.9 Å². The summed E-state index contributed by atoms with van der Waals surface area (Å²) in [5.74, 6) is -0.745. The van der Waals surface area contributed by atoms with Crippen molar-refractivity contribution in [3.63, 3.8) is 0 Å². The number of benzene rings is 2. The highest BCUT2D eigenvalue weighted by molar-refractivity contribution is 5.81. The van der Waals surface area contributed by atoms with Gasteiger partial charge in [0.1, 0.15) is 13.2 Å². The molecule has 0 spiro atoms. The molecule has 4 rings (SSSR count). The van der Waals surface area contributed by atoms with Crippen molar-refractivity contribution in [1.82, 2.24) is 4.74 Å². The second kappa shape index (κ2) is 8.92. The van der Waals surface area contributed by atoms with E-state index in [0.717, 1.165) is 25.7 Å². The Labute approximate surface area is 187 Å². The largest absolute Gasteiger partial charge is 0.457 e. The summed E-state index contributed by atoms with van der Waals surface area (Å²) in [5, 5.41) is 12.0. The highest BCUT2D eigenvalue weighted by Gasteiger charge is 2.47. The molecular weight excluding hydrogens is 408 g/mol. The lowest BCUT2D eigenvalue weighted by molar-refractivity contribution is -0.914. The van der Waals surface area contributed by atoms with Crippen LogP contribution in [0.2, 0.25) is 0 Å². The van der Waals surface area contributed by atoms with Crippen LogP contribution >= 0.6 is 0 Å². The number of nitrogens with zero attached hydrogens (tertiary/aromatic N) is 2. The number of rotatable bonds is 8. The molecule has 0 bridgehead atoms. The molecule has 2 aromatic carbocycles. The zero-order valence-electron chi connectivity index (χ0n) is 18.7. The molecular formula is C25H31N2O5+. The van der Waals surface area contributed by atoms with Crippen molar-refractivity contribution in [2.75, 3.05) is 27.2 Å². The molecule has 0 radical (unpaired) electrons. The molecule has 1 fully saturated rings. The maximum Gasteiger partial charge on any atom is 0.343 e. The number of para-hydroxylation sites is 1. The van der Waals surface area contributed by atoms with Crippen molar-refractivity contribution in [2.45, 2.75) is 38.0 Å². The quantitative estimate of drug-likeness (QED) is 0.430. The van der Waals surface area contributed by atoms with Gasteiger partial charge in [0.2, 0.25) is 0 Å². The topological polar surface area (TPSA) is 81.7 Å². The third-order valence-corrected chi connectivity index (χ3v) is 6.46. The fourth-order valence-corrected chi connectivity index (χ4v) is 4.58. The molecule has 1 unspecified atom stereocenters. The number of quaternary nitrogens is 1. The van der Waals surface area contributed by atoms with Crippen LogP contribution in [0, 0.1) is 5.92 Å². The lowest BCUT2D eigenvalue weighted by atomic mass is 9.80. The predicted octanol–water partition coefficient (Wildman–Crippen LogP) is 3.25. The molecule has 7 nitrogen and oxygen atoms in total. The number of hydrogen-bond acceptors (Lipinski definition) is 5. The fourth-order valence-electron chi connectivity index (χ4n) is 4.58. The van der Waals surface area contributed by atoms with Crippen LogP contribution in [0.1, 0.15) is 31.2 Å². The van der Waals surface area contributed by atoms with Crippen LogP contribution in [0.4, 0.5) is 0 Å². The Morgan fingerprint density at radius 2 is 1.78 bits per heavy atom. The van der Waals surface area contributed by atoms with Crippen LogP contribution in [0.3, 0.4) is 0 Å². The van der Waals surface area contributed by atoms with E-state index in [-0.39, 0.29) is 18.1 Å². The molecule has 7 heteroatoms. The number of aromatic nitrogens is 1. The smallest absolute Gasteiger partial charge is 0.343 e. The first-order valence-corrected chi connectivity index (χ1v) is 11.2. The Kier molecular flexibility index (Phi) is 6.22. The second-order valence-electron chi connectivity index (χ2n) is 9.32. The van der Waals surface area contributed by atoms with E-state index in [1.807, 2.05) is 38.4 Å². The number of carbonyl (C=O) groups excluding carboxylic acids is 1. The summed E-state index contributed by atoms with van der Waals surface area (Å²) in [5.41, 5.74) is -0.679. The highest BCUT2D eigenvalue weighted by atomic mass is 16.6. The Hall–Kier alpha value is -2.90. The summed E-state index contributed by atoms with van der Waals surface area (Å²) in [6.45, 7) is 0.893. The maximum atomic E-state index is 13.1. The number of hydrogen-bond donors (Lipinski definition) is 1. The van der Waals surface area contributed by atoms with E-state index in [1.165, 1.54) is 4.74 Å². The van der Waals surface area contributed by atoms with Crippen molar-refractivity contribution < 1.29 is 23.6 Å². The maximum absolute atomic E-state index is 13.1. The summed E-state index contributed by atoms with van der Waals surface area (Å²) in [7, 11) is 3.88. The van der Waals surface area contributed by atoms with Crippen LogP contribution in [-0.4, -0.2) is 47.5 Å². The van der Waals surface area contributed by atoms with Crippen LogP contribution < -0.4 is 5.56 Å². The van der Waals surface area contributed by atoms with Gasteiger partial charge < -0.3 is 18.8 Å². The van der Waals surface area contributed by atoms with Crippen molar-refractivity contribution in [2.24, 2.45) is 5.92 Å². The number of likely N-dealkylation sites (N-methyl/N-ethyl adjacent to an activating group) is 1. The van der Waals surface area contributed by atoms with Crippen molar-refractivity contribution in [1.29, 1.82) is 0 Å². The Morgan fingerprint density at radius 1 is 1.12 bits per heavy atom. The third-order valence-electron chi connectivity index (χ3n) is 6.46. The zero-order chi connectivity index (χ0) is 22.8. The molecule has 1 N–H and O–H groups in total. The van der Waals surface area contributed by atoms with E-state index in [2.05, 4.69) is 0 Å². The van der Waals surface area contributed by atoms with E-state index in [1.54, 1.807) is 30.3 Å². The molecule has 32 heavy (non-hydrogen) atoms. The van der Waals surface area contributed by atoms with Crippen molar-refractivity contribution >= 4 is 16.9 Å². The van der Waals surface area contributed by atoms with Gasteiger partial charge in [0.25, 0.3) is 5.56 Å². The first kappa shape index (κ1) is 22.3. The minimum Gasteiger partial charge on any atom is -0.457 e. The molecule has 1 aromatic heterocycles. The average Bonchev–Trinajstić information content (AvgIpc) is 3.43. The van der Waals surface area contributed by atoms with Gasteiger partial charge in [-0.2, -0.15) is 0 Å². The van der Waals surface area contributed by atoms with Crippen LogP contribution in [0.25, 0.3) is 11.0 Å². The van der Waals surface area contributed by atoms with E-state index >= 15 is 0 Å². The lowest BCUT2D eigenvalue weighted by Gasteiger charge is -2.33. The monoisotopic (exact) mass is 439 g/mol. The molecule has 0 amide bonds. The summed E-state index contributed by atoms with van der Waals surface area (Å²) >= 11 is 0. The Balaban J connectivity index is 1.43. The average molecular weight is 440 g/mol. The molecule has 170 valence electrons. The first-order valence-electron chi connectivity index (χ1n) is 11.2. The van der Waals surface area contributed by atoms with Crippen molar-refractivity contribution in [3.8, 4) is 0 Å². The molecule has 0 saturated heterocycles. The van der Waals surface area contributed by atoms with Gasteiger partial charge in [-0.1, -0.05) is 55.3 Å². The van der Waals surface area contributed by atoms with Gasteiger partial charge in [-0.25, -0.2) is 4.79 Å². The Morgan fingerprint density at radius 3 is 2.47 bits per heavy atom. The fraction of sp³-hybridized carbons (Fsp3) is 0.440. The normalized spacial score (nSPS) is 16.8. The summed E-state index contributed by atoms with van der Waals surface area (Å²) in [6, 6.07) is 16.2. The molecule has 0 aliphatic heterocycles. The van der Waals surface area contributed by atoms with Crippen LogP contribution in [0.5, 0.6) is 0 Å². The van der Waals surface area contributed by atoms with Gasteiger partial charge in [-0.05, 0) is 30.5 Å². The standard InChI is InChI=1S/C25H31N2O5/c1-27(2,18-26-23(28)21-14-8-9-15-22(21)32-26)16-17-31-24(29)25(30,20-12-6-7-13-20)19-10-4-3-5-11-19/h3-5,8-11,14-15,20,30H,6-7,12-13,16-18H2,1-2H3/q+1. The molecule has 1 atom stereocenters. The van der Waals surface area contributed by atoms with Crippen LogP contribution in [0.15, 0.2) is 63.9 Å². The number of fused-ring (bicyclic) bond motifs is 1. The SMILES string of the molecule is C[N+](C)(CCOC(=O)C(O)(c1ccccc1)C1CCCC1)Cn1oc2ccccc2c1=O. The summed E-state index contributed by atoms with van der Waals surface area (Å²) < 4.78 is 13.0. The van der Waals surface area contributed by atoms with Gasteiger partial charge in [-0.15, -0.1) is 4.74 Å². The van der Waals surface area contributed by atoms with E-state index in [0.29, 0.717) is 34.2 Å². The lowest BCUT2D eigenvalue weighted by Crippen LogP contribution is -2.47. The zero-order valence-corrected chi connectivity index (χ0v) is 18.7. The second-order valence-corrected chi connectivity index (χ2v) is 9.32. The van der Waals surface area contributed by atoms with Gasteiger partial charge >= 0.3 is 5.97 Å². The number of carbonyl (C=O) groups is 1. The minimum atomic E-state index is -1.63. The van der Waals surface area contributed by atoms with E-state index < -0.39 is 11.6 Å². The van der Waals surface area contributed by atoms with Crippen molar-refractivity contribution in [3.05, 3.63) is 70.5 Å². The number of esters is 1. The van der Waals surface area contributed by atoms with E-state index in [9.17, 15) is 14.7 Å². The van der Waals surface area contributed by atoms with Gasteiger partial charge in [0.05, 0.1) is 19.5 Å². The number of ether oxygens (including phenoxy) is 1. The van der Waals surface area contributed by atoms with Gasteiger partial charge in [-0.3, -0.25) is 4.79 Å². The van der Waals surface area contributed by atoms with E-state index in [4.69, 9.17) is 9.26 Å². The minimum absolute atomic E-state index is 0.128. The number of aliphatic hydroxyl groups is 1. The summed E-state index contributed by atoms with van der Waals surface area (Å²) in [6.07, 6.45) is 3.61. The van der Waals surface area contributed by atoms with Crippen LogP contribution in [-0.2, 0) is 21.8 Å². The first-order chi connectivity index (χ1) is 15.3. The molecule has 1 heterocycles.